The summed E-state index contributed by atoms with van der Waals surface area (Å²) >= 11 is 0. The Balaban J connectivity index is 1.36. The Kier molecular flexibility index (Phi) is 5.96. The van der Waals surface area contributed by atoms with E-state index in [1.165, 1.54) is 0 Å². The van der Waals surface area contributed by atoms with Crippen LogP contribution in [-0.2, 0) is 16.1 Å². The van der Waals surface area contributed by atoms with Gasteiger partial charge in [0.1, 0.15) is 11.4 Å². The van der Waals surface area contributed by atoms with Crippen molar-refractivity contribution in [3.63, 3.8) is 0 Å². The fourth-order valence-electron chi connectivity index (χ4n) is 3.86. The molecule has 0 aliphatic carbocycles. The third kappa shape index (κ3) is 5.05. The lowest BCUT2D eigenvalue weighted by Crippen LogP contribution is -2.45. The molecule has 1 aromatic heterocycles. The number of rotatable bonds is 3. The summed E-state index contributed by atoms with van der Waals surface area (Å²) < 4.78 is 17.6. The maximum Gasteiger partial charge on any atom is 0.410 e. The second-order valence-electron chi connectivity index (χ2n) is 9.02. The number of benzene rings is 1. The minimum absolute atomic E-state index is 0.226. The first-order valence-corrected chi connectivity index (χ1v) is 10.6. The number of nitrogens with zero attached hydrogens (tertiary/aromatic N) is 2. The molecule has 1 aromatic carbocycles. The van der Waals surface area contributed by atoms with Gasteiger partial charge < -0.3 is 19.1 Å². The predicted molar refractivity (Wildman–Crippen MR) is 115 cm³/mol. The highest BCUT2D eigenvalue weighted by Gasteiger charge is 2.34. The van der Waals surface area contributed by atoms with Gasteiger partial charge in [-0.15, -0.1) is 0 Å². The smallest absolute Gasteiger partial charge is 0.410 e. The van der Waals surface area contributed by atoms with E-state index in [4.69, 9.17) is 14.2 Å². The number of likely N-dealkylation sites (tertiary alicyclic amines) is 1. The van der Waals surface area contributed by atoms with Crippen molar-refractivity contribution >= 4 is 12.4 Å². The van der Waals surface area contributed by atoms with Gasteiger partial charge in [-0.25, -0.2) is 4.79 Å². The quantitative estimate of drug-likeness (QED) is 0.678. The number of fused-ring (bicyclic) bond motifs is 1. The van der Waals surface area contributed by atoms with E-state index in [9.17, 15) is 9.59 Å². The van der Waals surface area contributed by atoms with Crippen molar-refractivity contribution in [2.75, 3.05) is 13.1 Å². The van der Waals surface area contributed by atoms with Crippen molar-refractivity contribution in [2.45, 2.75) is 52.1 Å². The van der Waals surface area contributed by atoms with E-state index in [-0.39, 0.29) is 18.3 Å². The lowest BCUT2D eigenvalue weighted by molar-refractivity contribution is -0.149. The largest absolute Gasteiger partial charge is 0.464 e. The van der Waals surface area contributed by atoms with Gasteiger partial charge in [-0.05, 0) is 63.9 Å². The number of hydrogen-bond donors (Lipinski definition) is 0. The normalized spacial score (nSPS) is 19.3. The fraction of sp³-hybridized carbons (Fsp3) is 0.458. The summed E-state index contributed by atoms with van der Waals surface area (Å²) in [7, 11) is 0. The lowest BCUT2D eigenvalue weighted by Gasteiger charge is -2.38. The number of carbonyl (C=O) groups excluding carboxylic acids is 2. The molecule has 164 valence electrons. The number of hydrogen-bond acceptors (Lipinski definition) is 6. The topological polar surface area (TPSA) is 78.0 Å². The Labute approximate surface area is 182 Å². The molecule has 0 spiro atoms. The molecule has 7 nitrogen and oxygen atoms in total. The van der Waals surface area contributed by atoms with E-state index in [0.29, 0.717) is 25.3 Å². The SMILES string of the molecule is CC(C)(C)OC(=O)N1CCC(C2OCc3cc(-c4ccc(C=O)cn4)ccc3O2)CC1. The van der Waals surface area contributed by atoms with Crippen LogP contribution in [0.2, 0.25) is 0 Å². The third-order valence-electron chi connectivity index (χ3n) is 5.50. The maximum atomic E-state index is 12.3. The van der Waals surface area contributed by atoms with Gasteiger partial charge in [0.15, 0.2) is 6.29 Å². The van der Waals surface area contributed by atoms with Crippen LogP contribution in [0.5, 0.6) is 5.75 Å². The van der Waals surface area contributed by atoms with E-state index in [1.54, 1.807) is 17.2 Å². The van der Waals surface area contributed by atoms with E-state index in [1.807, 2.05) is 45.0 Å². The molecule has 1 fully saturated rings. The average molecular weight is 424 g/mol. The number of carbonyl (C=O) groups is 2. The standard InChI is InChI=1S/C24H28N2O5/c1-24(2,3)31-23(28)26-10-8-17(9-11-26)22-29-15-19-12-18(5-7-21(19)30-22)20-6-4-16(14-27)13-25-20/h4-7,12-14,17,22H,8-11,15H2,1-3H3. The summed E-state index contributed by atoms with van der Waals surface area (Å²) in [4.78, 5) is 29.2. The molecule has 3 heterocycles. The molecule has 1 atom stereocenters. The van der Waals surface area contributed by atoms with Crippen LogP contribution >= 0.6 is 0 Å². The van der Waals surface area contributed by atoms with Crippen LogP contribution in [-0.4, -0.2) is 47.2 Å². The summed E-state index contributed by atoms with van der Waals surface area (Å²) in [5.41, 5.74) is 2.78. The van der Waals surface area contributed by atoms with Gasteiger partial charge in [-0.3, -0.25) is 9.78 Å². The molecule has 1 unspecified atom stereocenters. The Morgan fingerprint density at radius 2 is 1.97 bits per heavy atom. The zero-order chi connectivity index (χ0) is 22.0. The Morgan fingerprint density at radius 3 is 2.61 bits per heavy atom. The van der Waals surface area contributed by atoms with Crippen LogP contribution in [0.15, 0.2) is 36.5 Å². The highest BCUT2D eigenvalue weighted by Crippen LogP contribution is 2.34. The van der Waals surface area contributed by atoms with Gasteiger partial charge in [0.25, 0.3) is 0 Å². The minimum atomic E-state index is -0.488. The average Bonchev–Trinajstić information content (AvgIpc) is 2.77. The van der Waals surface area contributed by atoms with Crippen LogP contribution in [0.25, 0.3) is 11.3 Å². The van der Waals surface area contributed by atoms with Crippen molar-refractivity contribution in [2.24, 2.45) is 5.92 Å². The number of ether oxygens (including phenoxy) is 3. The first-order valence-electron chi connectivity index (χ1n) is 10.6. The molecule has 2 aliphatic heterocycles. The molecule has 1 amide bonds. The van der Waals surface area contributed by atoms with E-state index in [0.717, 1.165) is 41.7 Å². The molecule has 7 heteroatoms. The third-order valence-corrected chi connectivity index (χ3v) is 5.50. The Hall–Kier alpha value is -2.93. The van der Waals surface area contributed by atoms with Crippen molar-refractivity contribution in [3.05, 3.63) is 47.7 Å². The van der Waals surface area contributed by atoms with Crippen molar-refractivity contribution in [3.8, 4) is 17.0 Å². The van der Waals surface area contributed by atoms with E-state index in [2.05, 4.69) is 4.98 Å². The van der Waals surface area contributed by atoms with Crippen LogP contribution in [0.4, 0.5) is 4.79 Å². The van der Waals surface area contributed by atoms with Crippen molar-refractivity contribution in [1.29, 1.82) is 0 Å². The molecule has 0 bridgehead atoms. The maximum absolute atomic E-state index is 12.3. The first-order chi connectivity index (χ1) is 14.8. The molecular formula is C24H28N2O5. The molecule has 1 saturated heterocycles. The van der Waals surface area contributed by atoms with Crippen molar-refractivity contribution < 1.29 is 23.8 Å². The summed E-state index contributed by atoms with van der Waals surface area (Å²) in [6, 6.07) is 9.51. The monoisotopic (exact) mass is 424 g/mol. The predicted octanol–water partition coefficient (Wildman–Crippen LogP) is 4.44. The molecule has 0 radical (unpaired) electrons. The Bertz CT molecular complexity index is 943. The highest BCUT2D eigenvalue weighted by atomic mass is 16.7. The molecule has 0 saturated carbocycles. The zero-order valence-corrected chi connectivity index (χ0v) is 18.2. The minimum Gasteiger partial charge on any atom is -0.464 e. The second kappa shape index (κ2) is 8.67. The van der Waals surface area contributed by atoms with Crippen LogP contribution in [0, 0.1) is 5.92 Å². The first kappa shape index (κ1) is 21.3. The molecule has 0 N–H and O–H groups in total. The summed E-state index contributed by atoms with van der Waals surface area (Å²) in [6.45, 7) is 7.36. The number of amides is 1. The molecule has 4 rings (SSSR count). The van der Waals surface area contributed by atoms with Gasteiger partial charge in [0.05, 0.1) is 12.3 Å². The number of pyridine rings is 1. The number of piperidine rings is 1. The zero-order valence-electron chi connectivity index (χ0n) is 18.2. The molecule has 2 aliphatic rings. The fourth-order valence-corrected chi connectivity index (χ4v) is 3.86. The van der Waals surface area contributed by atoms with Gasteiger partial charge in [-0.2, -0.15) is 0 Å². The van der Waals surface area contributed by atoms with Gasteiger partial charge in [0, 0.05) is 41.9 Å². The van der Waals surface area contributed by atoms with Crippen LogP contribution in [0.3, 0.4) is 0 Å². The van der Waals surface area contributed by atoms with Crippen LogP contribution < -0.4 is 4.74 Å². The molecule has 31 heavy (non-hydrogen) atoms. The lowest BCUT2D eigenvalue weighted by atomic mass is 9.95. The van der Waals surface area contributed by atoms with Crippen molar-refractivity contribution in [1.82, 2.24) is 9.88 Å². The summed E-state index contributed by atoms with van der Waals surface area (Å²) in [5.74, 6) is 1.04. The highest BCUT2D eigenvalue weighted by molar-refractivity contribution is 5.75. The van der Waals surface area contributed by atoms with Gasteiger partial charge in [-0.1, -0.05) is 0 Å². The summed E-state index contributed by atoms with van der Waals surface area (Å²) in [6.07, 6.45) is 3.39. The molecule has 2 aromatic rings. The molecular weight excluding hydrogens is 396 g/mol. The van der Waals surface area contributed by atoms with Gasteiger partial charge >= 0.3 is 6.09 Å². The van der Waals surface area contributed by atoms with E-state index >= 15 is 0 Å². The number of aldehydes is 1. The van der Waals surface area contributed by atoms with Gasteiger partial charge in [0.2, 0.25) is 6.29 Å². The second-order valence-corrected chi connectivity index (χ2v) is 9.02. The number of aromatic nitrogens is 1. The summed E-state index contributed by atoms with van der Waals surface area (Å²) in [5, 5.41) is 0. The Morgan fingerprint density at radius 1 is 1.19 bits per heavy atom. The van der Waals surface area contributed by atoms with Crippen LogP contribution in [0.1, 0.15) is 49.5 Å². The van der Waals surface area contributed by atoms with E-state index < -0.39 is 5.60 Å².